The predicted molar refractivity (Wildman–Crippen MR) is 55.0 cm³/mol. The van der Waals surface area contributed by atoms with Gasteiger partial charge in [0.2, 0.25) is 0 Å². The molecular formula is C8H3Cl2F5OS. The lowest BCUT2D eigenvalue weighted by Crippen LogP contribution is -2.03. The lowest BCUT2D eigenvalue weighted by Gasteiger charge is -2.11. The quantitative estimate of drug-likeness (QED) is 0.560. The van der Waals surface area contributed by atoms with Crippen LogP contribution in [-0.2, 0) is 0 Å². The molecule has 96 valence electrons. The highest BCUT2D eigenvalue weighted by molar-refractivity contribution is 8.00. The van der Waals surface area contributed by atoms with Crippen LogP contribution in [0.25, 0.3) is 0 Å². The highest BCUT2D eigenvalue weighted by Gasteiger charge is 2.31. The topological polar surface area (TPSA) is 9.23 Å². The maximum absolute atomic E-state index is 12.1. The summed E-state index contributed by atoms with van der Waals surface area (Å²) in [5.41, 5.74) is -4.54. The Bertz CT molecular complexity index is 410. The number of hydrogen-bond donors (Lipinski definition) is 0. The first-order valence-corrected chi connectivity index (χ1v) is 5.46. The van der Waals surface area contributed by atoms with E-state index in [1.807, 2.05) is 0 Å². The van der Waals surface area contributed by atoms with Crippen molar-refractivity contribution in [1.29, 1.82) is 0 Å². The molecule has 0 aliphatic carbocycles. The van der Waals surface area contributed by atoms with Crippen molar-refractivity contribution < 1.29 is 26.7 Å². The standard InChI is InChI=1S/C8H3Cl2F5OS/c9-5-3(16-7(11)12)1-2-4(6(5)10)17-8(13,14)15/h1-2,7H. The molecule has 0 aliphatic heterocycles. The van der Waals surface area contributed by atoms with E-state index in [4.69, 9.17) is 23.2 Å². The summed E-state index contributed by atoms with van der Waals surface area (Å²) < 4.78 is 64.0. The van der Waals surface area contributed by atoms with Crippen LogP contribution in [0.3, 0.4) is 0 Å². The van der Waals surface area contributed by atoms with Crippen LogP contribution in [-0.4, -0.2) is 12.1 Å². The number of halogens is 7. The lowest BCUT2D eigenvalue weighted by atomic mass is 10.3. The number of thioether (sulfide) groups is 1. The number of alkyl halides is 5. The Morgan fingerprint density at radius 3 is 2.18 bits per heavy atom. The summed E-state index contributed by atoms with van der Waals surface area (Å²) in [6.45, 7) is -3.13. The highest BCUT2D eigenvalue weighted by atomic mass is 35.5. The lowest BCUT2D eigenvalue weighted by molar-refractivity contribution is -0.0499. The highest BCUT2D eigenvalue weighted by Crippen LogP contribution is 2.45. The second kappa shape index (κ2) is 5.49. The number of ether oxygens (including phenoxy) is 1. The average Bonchev–Trinajstić information content (AvgIpc) is 2.15. The Hall–Kier alpha value is -0.400. The van der Waals surface area contributed by atoms with Gasteiger partial charge in [-0.2, -0.15) is 22.0 Å². The van der Waals surface area contributed by atoms with Crippen LogP contribution >= 0.6 is 35.0 Å². The Kier molecular flexibility index (Phi) is 4.74. The molecule has 0 unspecified atom stereocenters. The summed E-state index contributed by atoms with van der Waals surface area (Å²) in [5, 5.41) is -0.964. The van der Waals surface area contributed by atoms with Crippen LogP contribution in [0.1, 0.15) is 0 Å². The van der Waals surface area contributed by atoms with E-state index in [-0.39, 0.29) is 4.90 Å². The van der Waals surface area contributed by atoms with Gasteiger partial charge in [0.15, 0.2) is 0 Å². The Morgan fingerprint density at radius 2 is 1.71 bits per heavy atom. The van der Waals surface area contributed by atoms with Gasteiger partial charge in [0.25, 0.3) is 0 Å². The van der Waals surface area contributed by atoms with Gasteiger partial charge in [-0.1, -0.05) is 23.2 Å². The van der Waals surface area contributed by atoms with Crippen LogP contribution < -0.4 is 4.74 Å². The van der Waals surface area contributed by atoms with Crippen molar-refractivity contribution in [3.05, 3.63) is 22.2 Å². The Morgan fingerprint density at radius 1 is 1.12 bits per heavy atom. The van der Waals surface area contributed by atoms with Gasteiger partial charge in [0.05, 0.1) is 5.02 Å². The molecule has 17 heavy (non-hydrogen) atoms. The van der Waals surface area contributed by atoms with Crippen molar-refractivity contribution in [2.75, 3.05) is 0 Å². The summed E-state index contributed by atoms with van der Waals surface area (Å²) in [6.07, 6.45) is 0. The molecule has 0 saturated heterocycles. The molecule has 1 rings (SSSR count). The molecule has 0 aliphatic rings. The van der Waals surface area contributed by atoms with Crippen molar-refractivity contribution in [3.8, 4) is 5.75 Å². The summed E-state index contributed by atoms with van der Waals surface area (Å²) in [5.74, 6) is -0.474. The van der Waals surface area contributed by atoms with Crippen LogP contribution in [0.2, 0.25) is 10.0 Å². The maximum Gasteiger partial charge on any atom is 0.446 e. The van der Waals surface area contributed by atoms with Gasteiger partial charge in [0.1, 0.15) is 10.8 Å². The number of hydrogen-bond acceptors (Lipinski definition) is 2. The van der Waals surface area contributed by atoms with Gasteiger partial charge in [0, 0.05) is 4.90 Å². The summed E-state index contributed by atoms with van der Waals surface area (Å²) in [7, 11) is 0. The van der Waals surface area contributed by atoms with E-state index in [1.165, 1.54) is 0 Å². The molecule has 0 fully saturated rings. The van der Waals surface area contributed by atoms with E-state index < -0.39 is 39.7 Å². The molecule has 1 aromatic rings. The molecule has 0 spiro atoms. The molecule has 0 amide bonds. The van der Waals surface area contributed by atoms with Crippen LogP contribution in [0, 0.1) is 0 Å². The van der Waals surface area contributed by atoms with Crippen molar-refractivity contribution in [2.24, 2.45) is 0 Å². The zero-order valence-electron chi connectivity index (χ0n) is 7.69. The van der Waals surface area contributed by atoms with Crippen molar-refractivity contribution in [1.82, 2.24) is 0 Å². The monoisotopic (exact) mass is 312 g/mol. The van der Waals surface area contributed by atoms with Crippen molar-refractivity contribution in [3.63, 3.8) is 0 Å². The first-order chi connectivity index (χ1) is 7.70. The molecule has 0 radical (unpaired) electrons. The smallest absolute Gasteiger partial charge is 0.433 e. The van der Waals surface area contributed by atoms with Crippen LogP contribution in [0.15, 0.2) is 17.0 Å². The third kappa shape index (κ3) is 4.40. The van der Waals surface area contributed by atoms with Gasteiger partial charge < -0.3 is 4.74 Å². The minimum absolute atomic E-state index is 0.384. The zero-order valence-corrected chi connectivity index (χ0v) is 10.0. The van der Waals surface area contributed by atoms with Crippen molar-refractivity contribution >= 4 is 35.0 Å². The Balaban J connectivity index is 3.02. The summed E-state index contributed by atoms with van der Waals surface area (Å²) in [4.78, 5) is -0.384. The van der Waals surface area contributed by atoms with Gasteiger partial charge in [-0.05, 0) is 23.9 Å². The first-order valence-electron chi connectivity index (χ1n) is 3.89. The SMILES string of the molecule is FC(F)Oc1ccc(SC(F)(F)F)c(Cl)c1Cl. The average molecular weight is 313 g/mol. The van der Waals surface area contributed by atoms with Gasteiger partial charge in [-0.3, -0.25) is 0 Å². The predicted octanol–water partition coefficient (Wildman–Crippen LogP) is 5.21. The fourth-order valence-corrected chi connectivity index (χ4v) is 2.02. The van der Waals surface area contributed by atoms with Gasteiger partial charge in [-0.15, -0.1) is 0 Å². The number of rotatable bonds is 3. The minimum Gasteiger partial charge on any atom is -0.433 e. The van der Waals surface area contributed by atoms with E-state index in [1.54, 1.807) is 0 Å². The molecule has 1 aromatic carbocycles. The molecule has 0 aromatic heterocycles. The third-order valence-electron chi connectivity index (χ3n) is 1.45. The molecule has 1 nitrogen and oxygen atoms in total. The molecule has 0 N–H and O–H groups in total. The molecule has 0 saturated carbocycles. The minimum atomic E-state index is -4.54. The zero-order chi connectivity index (χ0) is 13.2. The van der Waals surface area contributed by atoms with E-state index in [0.29, 0.717) is 0 Å². The first kappa shape index (κ1) is 14.7. The molecule has 0 atom stereocenters. The normalized spacial score (nSPS) is 12.0. The van der Waals surface area contributed by atoms with Crippen molar-refractivity contribution in [2.45, 2.75) is 17.0 Å². The van der Waals surface area contributed by atoms with E-state index in [9.17, 15) is 22.0 Å². The number of benzene rings is 1. The summed E-state index contributed by atoms with van der Waals surface area (Å²) >= 11 is 10.5. The fraction of sp³-hybridized carbons (Fsp3) is 0.250. The maximum atomic E-state index is 12.1. The molecule has 9 heteroatoms. The van der Waals surface area contributed by atoms with Crippen LogP contribution in [0.4, 0.5) is 22.0 Å². The second-order valence-electron chi connectivity index (χ2n) is 2.62. The fourth-order valence-electron chi connectivity index (χ4n) is 0.905. The van der Waals surface area contributed by atoms with E-state index in [2.05, 4.69) is 4.74 Å². The van der Waals surface area contributed by atoms with Gasteiger partial charge >= 0.3 is 12.1 Å². The molecular weight excluding hydrogens is 310 g/mol. The second-order valence-corrected chi connectivity index (χ2v) is 4.48. The third-order valence-corrected chi connectivity index (χ3v) is 3.22. The Labute approximate surface area is 107 Å². The summed E-state index contributed by atoms with van der Waals surface area (Å²) in [6, 6.07) is 1.80. The van der Waals surface area contributed by atoms with Crippen LogP contribution in [0.5, 0.6) is 5.75 Å². The van der Waals surface area contributed by atoms with E-state index >= 15 is 0 Å². The van der Waals surface area contributed by atoms with E-state index in [0.717, 1.165) is 12.1 Å². The molecule has 0 heterocycles. The molecule has 0 bridgehead atoms. The van der Waals surface area contributed by atoms with Gasteiger partial charge in [-0.25, -0.2) is 0 Å². The largest absolute Gasteiger partial charge is 0.446 e.